The van der Waals surface area contributed by atoms with E-state index in [2.05, 4.69) is 4.57 Å². The summed E-state index contributed by atoms with van der Waals surface area (Å²) in [6.45, 7) is 7.71. The van der Waals surface area contributed by atoms with Crippen molar-refractivity contribution in [3.63, 3.8) is 0 Å². The van der Waals surface area contributed by atoms with Crippen molar-refractivity contribution >= 4 is 11.6 Å². The number of para-hydroxylation sites is 1. The number of aromatic nitrogens is 1. The fraction of sp³-hybridized carbons (Fsp3) is 0.261. The Morgan fingerprint density at radius 3 is 2.43 bits per heavy atom. The first-order chi connectivity index (χ1) is 13.6. The van der Waals surface area contributed by atoms with Gasteiger partial charge < -0.3 is 18.9 Å². The third-order valence-corrected chi connectivity index (χ3v) is 5.07. The van der Waals surface area contributed by atoms with E-state index in [1.54, 1.807) is 4.90 Å². The summed E-state index contributed by atoms with van der Waals surface area (Å²) in [5, 5.41) is 0. The summed E-state index contributed by atoms with van der Waals surface area (Å²) in [5.41, 5.74) is 4.48. The zero-order valence-electron chi connectivity index (χ0n) is 16.4. The number of benzene rings is 2. The topological polar surface area (TPSA) is 43.7 Å². The summed E-state index contributed by atoms with van der Waals surface area (Å²) < 4.78 is 13.4. The zero-order chi connectivity index (χ0) is 19.7. The summed E-state index contributed by atoms with van der Waals surface area (Å²) in [6, 6.07) is 17.6. The molecule has 0 fully saturated rings. The average Bonchev–Trinajstić information content (AvgIpc) is 3.03. The SMILES string of the molecule is CCN(C(=O)c1cc(C)n(-c2ccc3c(c2)OCCO3)c1C)c1ccccc1. The molecule has 4 rings (SSSR count). The molecule has 0 N–H and O–H groups in total. The minimum Gasteiger partial charge on any atom is -0.486 e. The van der Waals surface area contributed by atoms with Gasteiger partial charge in [0.2, 0.25) is 0 Å². The molecule has 0 spiro atoms. The number of carbonyl (C=O) groups is 1. The molecule has 5 heteroatoms. The van der Waals surface area contributed by atoms with Crippen LogP contribution in [0.4, 0.5) is 5.69 Å². The van der Waals surface area contributed by atoms with E-state index in [1.165, 1.54) is 0 Å². The quantitative estimate of drug-likeness (QED) is 0.672. The van der Waals surface area contributed by atoms with Crippen LogP contribution in [0.25, 0.3) is 5.69 Å². The van der Waals surface area contributed by atoms with Crippen LogP contribution in [-0.4, -0.2) is 30.2 Å². The van der Waals surface area contributed by atoms with Crippen molar-refractivity contribution in [1.82, 2.24) is 4.57 Å². The maximum atomic E-state index is 13.3. The molecule has 1 aromatic heterocycles. The first-order valence-electron chi connectivity index (χ1n) is 9.56. The molecule has 0 radical (unpaired) electrons. The number of hydrogen-bond donors (Lipinski definition) is 0. The average molecular weight is 376 g/mol. The summed E-state index contributed by atoms with van der Waals surface area (Å²) in [6.07, 6.45) is 0. The normalized spacial score (nSPS) is 12.7. The molecule has 1 amide bonds. The Morgan fingerprint density at radius 1 is 1.00 bits per heavy atom. The Kier molecular flexibility index (Phi) is 4.82. The minimum absolute atomic E-state index is 0.00518. The van der Waals surface area contributed by atoms with Gasteiger partial charge in [0.25, 0.3) is 5.91 Å². The molecule has 0 atom stereocenters. The van der Waals surface area contributed by atoms with Crippen LogP contribution in [0.5, 0.6) is 11.5 Å². The van der Waals surface area contributed by atoms with Crippen molar-refractivity contribution in [2.45, 2.75) is 20.8 Å². The van der Waals surface area contributed by atoms with Crippen LogP contribution in [0, 0.1) is 13.8 Å². The summed E-state index contributed by atoms with van der Waals surface area (Å²) >= 11 is 0. The van der Waals surface area contributed by atoms with E-state index >= 15 is 0 Å². The fourth-order valence-electron chi connectivity index (χ4n) is 3.74. The Bertz CT molecular complexity index is 1010. The van der Waals surface area contributed by atoms with Crippen molar-refractivity contribution in [1.29, 1.82) is 0 Å². The van der Waals surface area contributed by atoms with Gasteiger partial charge in [0.1, 0.15) is 13.2 Å². The lowest BCUT2D eigenvalue weighted by Gasteiger charge is -2.21. The second-order valence-corrected chi connectivity index (χ2v) is 6.83. The van der Waals surface area contributed by atoms with Gasteiger partial charge in [-0.3, -0.25) is 4.79 Å². The van der Waals surface area contributed by atoms with Crippen LogP contribution < -0.4 is 14.4 Å². The predicted octanol–water partition coefficient (Wildman–Crippen LogP) is 4.53. The van der Waals surface area contributed by atoms with Crippen LogP contribution in [0.15, 0.2) is 54.6 Å². The van der Waals surface area contributed by atoms with E-state index < -0.39 is 0 Å². The van der Waals surface area contributed by atoms with E-state index in [-0.39, 0.29) is 5.91 Å². The molecule has 1 aliphatic rings. The number of fused-ring (bicyclic) bond motifs is 1. The molecule has 3 aromatic rings. The van der Waals surface area contributed by atoms with Crippen molar-refractivity contribution in [3.8, 4) is 17.2 Å². The van der Waals surface area contributed by atoms with E-state index in [0.29, 0.717) is 25.3 Å². The first-order valence-corrected chi connectivity index (χ1v) is 9.56. The molecule has 0 aliphatic carbocycles. The Labute approximate surface area is 165 Å². The third kappa shape index (κ3) is 3.13. The number of amides is 1. The van der Waals surface area contributed by atoms with Crippen LogP contribution in [0.3, 0.4) is 0 Å². The van der Waals surface area contributed by atoms with Gasteiger partial charge in [0.05, 0.1) is 5.56 Å². The summed E-state index contributed by atoms with van der Waals surface area (Å²) in [7, 11) is 0. The maximum absolute atomic E-state index is 13.3. The Balaban J connectivity index is 1.72. The molecule has 0 bridgehead atoms. The van der Waals surface area contributed by atoms with Gasteiger partial charge in [-0.15, -0.1) is 0 Å². The molecular weight excluding hydrogens is 352 g/mol. The molecular formula is C23H24N2O3. The molecule has 0 saturated carbocycles. The minimum atomic E-state index is 0.00518. The number of hydrogen-bond acceptors (Lipinski definition) is 3. The fourth-order valence-corrected chi connectivity index (χ4v) is 3.74. The summed E-state index contributed by atoms with van der Waals surface area (Å²) in [5.74, 6) is 1.50. The molecule has 5 nitrogen and oxygen atoms in total. The molecule has 2 aromatic carbocycles. The monoisotopic (exact) mass is 376 g/mol. The smallest absolute Gasteiger partial charge is 0.260 e. The number of aryl methyl sites for hydroxylation is 1. The highest BCUT2D eigenvalue weighted by molar-refractivity contribution is 6.07. The number of rotatable bonds is 4. The van der Waals surface area contributed by atoms with Gasteiger partial charge in [-0.1, -0.05) is 18.2 Å². The van der Waals surface area contributed by atoms with Crippen molar-refractivity contribution < 1.29 is 14.3 Å². The second kappa shape index (κ2) is 7.43. The highest BCUT2D eigenvalue weighted by Crippen LogP contribution is 2.33. The maximum Gasteiger partial charge on any atom is 0.260 e. The van der Waals surface area contributed by atoms with Gasteiger partial charge in [-0.2, -0.15) is 0 Å². The van der Waals surface area contributed by atoms with E-state index in [0.717, 1.165) is 34.3 Å². The largest absolute Gasteiger partial charge is 0.486 e. The standard InChI is InChI=1S/C23H24N2O3/c1-4-24(18-8-6-5-7-9-18)23(26)20-14-16(2)25(17(20)3)19-10-11-21-22(15-19)28-13-12-27-21/h5-11,14-15H,4,12-13H2,1-3H3. The Morgan fingerprint density at radius 2 is 1.71 bits per heavy atom. The second-order valence-electron chi connectivity index (χ2n) is 6.83. The zero-order valence-corrected chi connectivity index (χ0v) is 16.4. The lowest BCUT2D eigenvalue weighted by molar-refractivity contribution is 0.0987. The molecule has 2 heterocycles. The van der Waals surface area contributed by atoms with E-state index in [4.69, 9.17) is 9.47 Å². The molecule has 28 heavy (non-hydrogen) atoms. The molecule has 0 unspecified atom stereocenters. The van der Waals surface area contributed by atoms with Gasteiger partial charge in [-0.05, 0) is 51.1 Å². The van der Waals surface area contributed by atoms with Crippen molar-refractivity contribution in [2.24, 2.45) is 0 Å². The molecule has 144 valence electrons. The van der Waals surface area contributed by atoms with E-state index in [1.807, 2.05) is 75.4 Å². The van der Waals surface area contributed by atoms with Crippen LogP contribution in [0.1, 0.15) is 28.7 Å². The van der Waals surface area contributed by atoms with Crippen molar-refractivity contribution in [3.05, 3.63) is 71.5 Å². The van der Waals surface area contributed by atoms with Gasteiger partial charge in [0, 0.05) is 35.4 Å². The Hall–Kier alpha value is -3.21. The van der Waals surface area contributed by atoms with Crippen LogP contribution >= 0.6 is 0 Å². The number of nitrogens with zero attached hydrogens (tertiary/aromatic N) is 2. The third-order valence-electron chi connectivity index (χ3n) is 5.07. The summed E-state index contributed by atoms with van der Waals surface area (Å²) in [4.78, 5) is 15.1. The molecule has 0 saturated heterocycles. The van der Waals surface area contributed by atoms with Gasteiger partial charge >= 0.3 is 0 Å². The van der Waals surface area contributed by atoms with Crippen LogP contribution in [-0.2, 0) is 0 Å². The lowest BCUT2D eigenvalue weighted by Crippen LogP contribution is -2.30. The lowest BCUT2D eigenvalue weighted by atomic mass is 10.2. The molecule has 1 aliphatic heterocycles. The van der Waals surface area contributed by atoms with E-state index in [9.17, 15) is 4.79 Å². The highest BCUT2D eigenvalue weighted by atomic mass is 16.6. The number of ether oxygens (including phenoxy) is 2. The first kappa shape index (κ1) is 18.2. The van der Waals surface area contributed by atoms with Crippen molar-refractivity contribution in [2.75, 3.05) is 24.7 Å². The highest BCUT2D eigenvalue weighted by Gasteiger charge is 2.23. The van der Waals surface area contributed by atoms with Gasteiger partial charge in [-0.25, -0.2) is 0 Å². The number of anilines is 1. The van der Waals surface area contributed by atoms with Gasteiger partial charge in [0.15, 0.2) is 11.5 Å². The van der Waals surface area contributed by atoms with Crippen LogP contribution in [0.2, 0.25) is 0 Å². The predicted molar refractivity (Wildman–Crippen MR) is 110 cm³/mol. The number of carbonyl (C=O) groups excluding carboxylic acids is 1.